The number of nitrogens with one attached hydrogen (secondary N) is 1. The molecular formula is C7H4ClF2NO2. The third-order valence-electron chi connectivity index (χ3n) is 1.40. The van der Waals surface area contributed by atoms with Gasteiger partial charge in [0.05, 0.1) is 5.56 Å². The third kappa shape index (κ3) is 2.12. The fraction of sp³-hybridized carbons (Fsp3) is 0.143. The molecule has 0 radical (unpaired) electrons. The maximum Gasteiger partial charge on any atom is 0.264 e. The van der Waals surface area contributed by atoms with Gasteiger partial charge in [0.1, 0.15) is 0 Å². The van der Waals surface area contributed by atoms with Gasteiger partial charge in [-0.15, -0.1) is 0 Å². The number of alkyl halides is 2. The molecule has 0 aliphatic carbocycles. The zero-order valence-electron chi connectivity index (χ0n) is 6.18. The van der Waals surface area contributed by atoms with E-state index in [2.05, 4.69) is 4.98 Å². The quantitative estimate of drug-likeness (QED) is 0.751. The Hall–Kier alpha value is -1.23. The lowest BCUT2D eigenvalue weighted by Crippen LogP contribution is -2.10. The molecule has 13 heavy (non-hydrogen) atoms. The maximum atomic E-state index is 12.2. The van der Waals surface area contributed by atoms with Crippen molar-refractivity contribution in [3.8, 4) is 0 Å². The van der Waals surface area contributed by atoms with Crippen molar-refractivity contribution in [1.29, 1.82) is 0 Å². The van der Waals surface area contributed by atoms with Crippen LogP contribution in [0, 0.1) is 0 Å². The number of hydrogen-bond acceptors (Lipinski definition) is 2. The second kappa shape index (κ2) is 3.66. The highest BCUT2D eigenvalue weighted by Crippen LogP contribution is 2.21. The first-order chi connectivity index (χ1) is 6.02. The van der Waals surface area contributed by atoms with Crippen LogP contribution in [0.5, 0.6) is 0 Å². The summed E-state index contributed by atoms with van der Waals surface area (Å²) in [6.07, 6.45) is -2.01. The van der Waals surface area contributed by atoms with E-state index in [9.17, 15) is 18.4 Å². The average Bonchev–Trinajstić information content (AvgIpc) is 2.03. The Morgan fingerprint density at radius 2 is 2.15 bits per heavy atom. The average molecular weight is 208 g/mol. The molecule has 1 aromatic heterocycles. The molecule has 0 saturated carbocycles. The molecule has 0 aromatic carbocycles. The van der Waals surface area contributed by atoms with Crippen LogP contribution in [0.4, 0.5) is 8.78 Å². The summed E-state index contributed by atoms with van der Waals surface area (Å²) in [6.45, 7) is 0. The molecule has 0 amide bonds. The highest BCUT2D eigenvalue weighted by Gasteiger charge is 2.17. The maximum absolute atomic E-state index is 12.2. The predicted octanol–water partition coefficient (Wildman–Crippen LogP) is 1.69. The molecule has 3 nitrogen and oxygen atoms in total. The molecule has 1 aromatic rings. The van der Waals surface area contributed by atoms with Crippen LogP contribution < -0.4 is 5.56 Å². The van der Waals surface area contributed by atoms with E-state index in [0.717, 1.165) is 6.20 Å². The van der Waals surface area contributed by atoms with Crippen molar-refractivity contribution in [2.24, 2.45) is 0 Å². The summed E-state index contributed by atoms with van der Waals surface area (Å²) in [6, 6.07) is 0.653. The molecule has 0 saturated heterocycles. The summed E-state index contributed by atoms with van der Waals surface area (Å²) in [4.78, 5) is 23.3. The Morgan fingerprint density at radius 3 is 2.62 bits per heavy atom. The number of H-pyrrole nitrogens is 1. The monoisotopic (exact) mass is 207 g/mol. The molecule has 1 heterocycles. The minimum atomic E-state index is -2.89. The van der Waals surface area contributed by atoms with Gasteiger partial charge in [0.2, 0.25) is 5.56 Å². The van der Waals surface area contributed by atoms with Crippen molar-refractivity contribution in [2.75, 3.05) is 0 Å². The number of aromatic nitrogens is 1. The summed E-state index contributed by atoms with van der Waals surface area (Å²) in [5.41, 5.74) is -1.73. The van der Waals surface area contributed by atoms with Gasteiger partial charge in [0, 0.05) is 17.8 Å². The van der Waals surface area contributed by atoms with E-state index in [1.807, 2.05) is 0 Å². The van der Waals surface area contributed by atoms with Gasteiger partial charge in [-0.1, -0.05) is 0 Å². The summed E-state index contributed by atoms with van der Waals surface area (Å²) >= 11 is 5.01. The normalized spacial score (nSPS) is 10.5. The van der Waals surface area contributed by atoms with E-state index in [1.54, 1.807) is 0 Å². The van der Waals surface area contributed by atoms with E-state index in [4.69, 9.17) is 11.6 Å². The lowest BCUT2D eigenvalue weighted by molar-refractivity contribution is 0.106. The molecule has 0 atom stereocenters. The predicted molar refractivity (Wildman–Crippen MR) is 42.2 cm³/mol. The molecule has 1 N–H and O–H groups in total. The van der Waals surface area contributed by atoms with Crippen LogP contribution in [0.3, 0.4) is 0 Å². The van der Waals surface area contributed by atoms with E-state index in [-0.39, 0.29) is 5.56 Å². The van der Waals surface area contributed by atoms with Crippen LogP contribution >= 0.6 is 11.6 Å². The number of rotatable bonds is 2. The van der Waals surface area contributed by atoms with Crippen molar-refractivity contribution in [3.63, 3.8) is 0 Å². The zero-order chi connectivity index (χ0) is 10.0. The second-order valence-corrected chi connectivity index (χ2v) is 2.58. The number of aromatic amines is 1. The second-order valence-electron chi connectivity index (χ2n) is 2.24. The van der Waals surface area contributed by atoms with E-state index >= 15 is 0 Å². The fourth-order valence-electron chi connectivity index (χ4n) is 0.838. The standard InChI is InChI=1S/C7H4ClF2NO2/c8-6(13)4-2-11-5(12)1-3(4)7(9)10/h1-2,7H,(H,11,12). The molecule has 0 aliphatic heterocycles. The minimum absolute atomic E-state index is 0.378. The van der Waals surface area contributed by atoms with Crippen LogP contribution in [0.25, 0.3) is 0 Å². The molecule has 1 rings (SSSR count). The number of carbonyl (C=O) groups is 1. The number of pyridine rings is 1. The Morgan fingerprint density at radius 1 is 1.54 bits per heavy atom. The first kappa shape index (κ1) is 9.85. The Balaban J connectivity index is 3.35. The van der Waals surface area contributed by atoms with Crippen LogP contribution in [-0.4, -0.2) is 10.2 Å². The number of halogens is 3. The van der Waals surface area contributed by atoms with E-state index in [0.29, 0.717) is 6.07 Å². The van der Waals surface area contributed by atoms with Gasteiger partial charge in [-0.25, -0.2) is 8.78 Å². The van der Waals surface area contributed by atoms with Gasteiger partial charge in [0.15, 0.2) is 0 Å². The highest BCUT2D eigenvalue weighted by atomic mass is 35.5. The van der Waals surface area contributed by atoms with Gasteiger partial charge >= 0.3 is 0 Å². The molecule has 70 valence electrons. The SMILES string of the molecule is O=C(Cl)c1c[nH]c(=O)cc1C(F)F. The van der Waals surface area contributed by atoms with Crippen molar-refractivity contribution in [2.45, 2.75) is 6.43 Å². The summed E-state index contributed by atoms with van der Waals surface area (Å²) in [5.74, 6) is 0. The Labute approximate surface area is 76.3 Å². The molecule has 0 unspecified atom stereocenters. The van der Waals surface area contributed by atoms with Crippen LogP contribution in [-0.2, 0) is 0 Å². The molecular weight excluding hydrogens is 204 g/mol. The molecule has 0 aliphatic rings. The van der Waals surface area contributed by atoms with E-state index in [1.165, 1.54) is 0 Å². The first-order valence-corrected chi connectivity index (χ1v) is 3.61. The Bertz CT molecular complexity index is 388. The smallest absolute Gasteiger partial charge is 0.264 e. The van der Waals surface area contributed by atoms with Gasteiger partial charge in [-0.2, -0.15) is 0 Å². The number of carbonyl (C=O) groups excluding carboxylic acids is 1. The van der Waals surface area contributed by atoms with Crippen LogP contribution in [0.15, 0.2) is 17.1 Å². The highest BCUT2D eigenvalue weighted by molar-refractivity contribution is 6.67. The summed E-state index contributed by atoms with van der Waals surface area (Å²) < 4.78 is 24.4. The topological polar surface area (TPSA) is 49.9 Å². The summed E-state index contributed by atoms with van der Waals surface area (Å²) in [7, 11) is 0. The van der Waals surface area contributed by atoms with Crippen molar-refractivity contribution < 1.29 is 13.6 Å². The first-order valence-electron chi connectivity index (χ1n) is 3.23. The third-order valence-corrected chi connectivity index (χ3v) is 1.61. The van der Waals surface area contributed by atoms with Gasteiger partial charge in [-0.3, -0.25) is 9.59 Å². The molecule has 0 fully saturated rings. The Kier molecular flexibility index (Phi) is 2.77. The van der Waals surface area contributed by atoms with E-state index < -0.39 is 22.8 Å². The largest absolute Gasteiger partial charge is 0.328 e. The lowest BCUT2D eigenvalue weighted by Gasteiger charge is -2.02. The molecule has 6 heteroatoms. The fourth-order valence-corrected chi connectivity index (χ4v) is 1.00. The zero-order valence-corrected chi connectivity index (χ0v) is 6.94. The molecule has 0 spiro atoms. The minimum Gasteiger partial charge on any atom is -0.328 e. The van der Waals surface area contributed by atoms with Crippen LogP contribution in [0.1, 0.15) is 22.3 Å². The van der Waals surface area contributed by atoms with Gasteiger partial charge in [-0.05, 0) is 11.6 Å². The van der Waals surface area contributed by atoms with Crippen LogP contribution in [0.2, 0.25) is 0 Å². The van der Waals surface area contributed by atoms with Crippen molar-refractivity contribution in [3.05, 3.63) is 33.7 Å². The number of hydrogen-bond donors (Lipinski definition) is 1. The lowest BCUT2D eigenvalue weighted by atomic mass is 10.1. The van der Waals surface area contributed by atoms with Gasteiger partial charge < -0.3 is 4.98 Å². The summed E-state index contributed by atoms with van der Waals surface area (Å²) in [5, 5.41) is -1.02. The van der Waals surface area contributed by atoms with Crippen molar-refractivity contribution >= 4 is 16.8 Å². The van der Waals surface area contributed by atoms with Gasteiger partial charge in [0.25, 0.3) is 11.7 Å². The van der Waals surface area contributed by atoms with Crippen molar-refractivity contribution in [1.82, 2.24) is 4.98 Å². The molecule has 0 bridgehead atoms.